The van der Waals surface area contributed by atoms with Crippen molar-refractivity contribution in [2.75, 3.05) is 13.2 Å². The van der Waals surface area contributed by atoms with E-state index in [9.17, 15) is 9.90 Å². The van der Waals surface area contributed by atoms with Crippen LogP contribution in [0.4, 0.5) is 0 Å². The van der Waals surface area contributed by atoms with E-state index in [2.05, 4.69) is 0 Å². The Hall–Kier alpha value is -0.650. The number of unbranched alkanes of at least 4 members (excludes halogenated alkanes) is 8. The van der Waals surface area contributed by atoms with Crippen LogP contribution in [0.5, 0.6) is 0 Å². The summed E-state index contributed by atoms with van der Waals surface area (Å²) in [6, 6.07) is 0. The Labute approximate surface area is 153 Å². The Balaban J connectivity index is 3.35. The van der Waals surface area contributed by atoms with Gasteiger partial charge in [-0.1, -0.05) is 58.3 Å². The third kappa shape index (κ3) is 16.6. The molecule has 2 unspecified atom stereocenters. The summed E-state index contributed by atoms with van der Waals surface area (Å²) >= 11 is 0. The highest BCUT2D eigenvalue weighted by Crippen LogP contribution is 2.14. The highest BCUT2D eigenvalue weighted by molar-refractivity contribution is 5.69. The van der Waals surface area contributed by atoms with E-state index in [1.54, 1.807) is 0 Å². The summed E-state index contributed by atoms with van der Waals surface area (Å²) < 4.78 is 5.14. The quantitative estimate of drug-likeness (QED) is 0.256. The third-order valence-electron chi connectivity index (χ3n) is 4.57. The van der Waals surface area contributed by atoms with Gasteiger partial charge in [-0.25, -0.2) is 0 Å². The lowest BCUT2D eigenvalue weighted by atomic mass is 10.0. The highest BCUT2D eigenvalue weighted by Gasteiger charge is 2.10. The first-order valence-corrected chi connectivity index (χ1v) is 10.2. The molecule has 5 heteroatoms. The molecule has 0 amide bonds. The molecule has 0 spiro atoms. The molecule has 150 valence electrons. The molecular weight excluding hydrogens is 320 g/mol. The Kier molecular flexibility index (Phi) is 17.7. The second kappa shape index (κ2) is 18.2. The van der Waals surface area contributed by atoms with Gasteiger partial charge in [0.15, 0.2) is 0 Å². The molecule has 5 nitrogen and oxygen atoms in total. The van der Waals surface area contributed by atoms with E-state index in [1.165, 1.54) is 0 Å². The van der Waals surface area contributed by atoms with Gasteiger partial charge in [0.25, 0.3) is 0 Å². The number of carbonyl (C=O) groups is 1. The van der Waals surface area contributed by atoms with Crippen LogP contribution in [0.1, 0.15) is 96.8 Å². The number of esters is 1. The SMILES string of the molecule is CCC(CO)OC(=O)CCCCCCCC(O)CCCCCCCO. The van der Waals surface area contributed by atoms with Gasteiger partial charge in [0.05, 0.1) is 12.7 Å². The van der Waals surface area contributed by atoms with Crippen molar-refractivity contribution >= 4 is 5.97 Å². The van der Waals surface area contributed by atoms with E-state index in [0.29, 0.717) is 12.8 Å². The smallest absolute Gasteiger partial charge is 0.306 e. The normalized spacial score (nSPS) is 13.6. The molecule has 0 bridgehead atoms. The number of hydrogen-bond donors (Lipinski definition) is 3. The average molecular weight is 361 g/mol. The van der Waals surface area contributed by atoms with Gasteiger partial charge < -0.3 is 20.1 Å². The van der Waals surface area contributed by atoms with Crippen LogP contribution in [-0.4, -0.2) is 46.7 Å². The number of rotatable bonds is 18. The number of aliphatic hydroxyl groups excluding tert-OH is 3. The molecule has 25 heavy (non-hydrogen) atoms. The minimum atomic E-state index is -0.358. The fourth-order valence-corrected chi connectivity index (χ4v) is 2.84. The van der Waals surface area contributed by atoms with Crippen LogP contribution in [0.3, 0.4) is 0 Å². The molecule has 0 aliphatic rings. The van der Waals surface area contributed by atoms with Crippen molar-refractivity contribution in [3.05, 3.63) is 0 Å². The van der Waals surface area contributed by atoms with E-state index in [4.69, 9.17) is 14.9 Å². The van der Waals surface area contributed by atoms with Crippen molar-refractivity contribution in [3.8, 4) is 0 Å². The zero-order valence-corrected chi connectivity index (χ0v) is 16.1. The predicted molar refractivity (Wildman–Crippen MR) is 100 cm³/mol. The summed E-state index contributed by atoms with van der Waals surface area (Å²) in [6.07, 6.45) is 12.7. The zero-order valence-electron chi connectivity index (χ0n) is 16.1. The summed E-state index contributed by atoms with van der Waals surface area (Å²) in [5.74, 6) is -0.213. The zero-order chi connectivity index (χ0) is 18.8. The third-order valence-corrected chi connectivity index (χ3v) is 4.57. The molecule has 0 aromatic rings. The van der Waals surface area contributed by atoms with Gasteiger partial charge in [0.1, 0.15) is 6.10 Å². The first-order chi connectivity index (χ1) is 12.1. The highest BCUT2D eigenvalue weighted by atomic mass is 16.5. The fourth-order valence-electron chi connectivity index (χ4n) is 2.84. The Morgan fingerprint density at radius 3 is 1.88 bits per heavy atom. The molecule has 0 aromatic carbocycles. The second-order valence-corrected chi connectivity index (χ2v) is 6.94. The number of carbonyl (C=O) groups excluding carboxylic acids is 1. The summed E-state index contributed by atoms with van der Waals surface area (Å²) in [4.78, 5) is 11.6. The van der Waals surface area contributed by atoms with Crippen molar-refractivity contribution in [2.24, 2.45) is 0 Å². The fraction of sp³-hybridized carbons (Fsp3) is 0.950. The van der Waals surface area contributed by atoms with Gasteiger partial charge in [-0.3, -0.25) is 4.79 Å². The van der Waals surface area contributed by atoms with Crippen molar-refractivity contribution in [1.82, 2.24) is 0 Å². The van der Waals surface area contributed by atoms with Crippen LogP contribution in [0, 0.1) is 0 Å². The lowest BCUT2D eigenvalue weighted by molar-refractivity contribution is -0.151. The van der Waals surface area contributed by atoms with Crippen LogP contribution in [0.2, 0.25) is 0 Å². The molecule has 0 heterocycles. The van der Waals surface area contributed by atoms with E-state index in [0.717, 1.165) is 77.0 Å². The molecular formula is C20H40O5. The Bertz CT molecular complexity index is 292. The van der Waals surface area contributed by atoms with Crippen molar-refractivity contribution in [3.63, 3.8) is 0 Å². The van der Waals surface area contributed by atoms with Gasteiger partial charge in [-0.15, -0.1) is 0 Å². The molecule has 0 fully saturated rings. The monoisotopic (exact) mass is 360 g/mol. The average Bonchev–Trinajstić information content (AvgIpc) is 2.61. The lowest BCUT2D eigenvalue weighted by Gasteiger charge is -2.13. The molecule has 0 saturated heterocycles. The van der Waals surface area contributed by atoms with Gasteiger partial charge >= 0.3 is 5.97 Å². The molecule has 0 aliphatic heterocycles. The number of ether oxygens (including phenoxy) is 1. The van der Waals surface area contributed by atoms with Gasteiger partial charge in [0, 0.05) is 13.0 Å². The van der Waals surface area contributed by atoms with E-state index < -0.39 is 0 Å². The molecule has 0 aliphatic carbocycles. The summed E-state index contributed by atoms with van der Waals surface area (Å²) in [6.45, 7) is 2.07. The van der Waals surface area contributed by atoms with Gasteiger partial charge in [-0.05, 0) is 32.1 Å². The predicted octanol–water partition coefficient (Wildman–Crippen LogP) is 3.73. The van der Waals surface area contributed by atoms with Crippen molar-refractivity contribution < 1.29 is 24.9 Å². The van der Waals surface area contributed by atoms with Crippen LogP contribution >= 0.6 is 0 Å². The number of aliphatic hydroxyl groups is 3. The Morgan fingerprint density at radius 1 is 0.840 bits per heavy atom. The molecule has 0 rings (SSSR count). The van der Waals surface area contributed by atoms with E-state index in [-0.39, 0.29) is 31.4 Å². The topological polar surface area (TPSA) is 87.0 Å². The largest absolute Gasteiger partial charge is 0.460 e. The first-order valence-electron chi connectivity index (χ1n) is 10.2. The van der Waals surface area contributed by atoms with Gasteiger partial charge in [0.2, 0.25) is 0 Å². The summed E-state index contributed by atoms with van der Waals surface area (Å²) in [7, 11) is 0. The maximum absolute atomic E-state index is 11.6. The molecule has 2 atom stereocenters. The second-order valence-electron chi connectivity index (χ2n) is 6.94. The molecule has 0 aromatic heterocycles. The standard InChI is InChI=1S/C20H40O5/c1-2-19(17-22)25-20(24)15-11-7-3-5-9-13-18(23)14-10-6-4-8-12-16-21/h18-19,21-23H,2-17H2,1H3. The van der Waals surface area contributed by atoms with Crippen LogP contribution in [0.15, 0.2) is 0 Å². The van der Waals surface area contributed by atoms with Crippen LogP contribution in [0.25, 0.3) is 0 Å². The molecule has 0 radical (unpaired) electrons. The van der Waals surface area contributed by atoms with Gasteiger partial charge in [-0.2, -0.15) is 0 Å². The maximum atomic E-state index is 11.6. The van der Waals surface area contributed by atoms with E-state index >= 15 is 0 Å². The summed E-state index contributed by atoms with van der Waals surface area (Å²) in [5, 5.41) is 27.6. The van der Waals surface area contributed by atoms with Crippen LogP contribution in [-0.2, 0) is 9.53 Å². The minimum absolute atomic E-state index is 0.104. The Morgan fingerprint density at radius 2 is 1.36 bits per heavy atom. The molecule has 3 N–H and O–H groups in total. The summed E-state index contributed by atoms with van der Waals surface area (Å²) in [5.41, 5.74) is 0. The lowest BCUT2D eigenvalue weighted by Crippen LogP contribution is -2.20. The van der Waals surface area contributed by atoms with Crippen molar-refractivity contribution in [2.45, 2.75) is 109 Å². The maximum Gasteiger partial charge on any atom is 0.306 e. The first kappa shape index (κ1) is 24.4. The van der Waals surface area contributed by atoms with E-state index in [1.807, 2.05) is 6.92 Å². The van der Waals surface area contributed by atoms with Crippen molar-refractivity contribution in [1.29, 1.82) is 0 Å². The molecule has 0 saturated carbocycles. The minimum Gasteiger partial charge on any atom is -0.460 e. The van der Waals surface area contributed by atoms with Crippen LogP contribution < -0.4 is 0 Å². The number of hydrogen-bond acceptors (Lipinski definition) is 5.